The van der Waals surface area contributed by atoms with Crippen molar-refractivity contribution >= 4 is 23.3 Å². The number of amides is 1. The molecule has 0 radical (unpaired) electrons. The molecule has 1 N–H and O–H groups in total. The van der Waals surface area contributed by atoms with E-state index in [0.717, 1.165) is 24.3 Å². The number of anilines is 1. The SMILES string of the molecule is Cc1cc(C(=O)OC(C)C(=O)Nc2cc(F)ccc2F)ccc1[N+](=O)[O-]. The Labute approximate surface area is 146 Å². The van der Waals surface area contributed by atoms with Gasteiger partial charge in [-0.05, 0) is 38.1 Å². The first-order valence-corrected chi connectivity index (χ1v) is 7.41. The van der Waals surface area contributed by atoms with Gasteiger partial charge in [0.05, 0.1) is 16.2 Å². The quantitative estimate of drug-likeness (QED) is 0.498. The van der Waals surface area contributed by atoms with Crippen LogP contribution in [0.2, 0.25) is 0 Å². The average Bonchev–Trinajstić information content (AvgIpc) is 2.57. The van der Waals surface area contributed by atoms with Gasteiger partial charge >= 0.3 is 5.97 Å². The van der Waals surface area contributed by atoms with Gasteiger partial charge in [0.1, 0.15) is 11.6 Å². The molecular formula is C17H14F2N2O5. The van der Waals surface area contributed by atoms with Crippen molar-refractivity contribution in [1.29, 1.82) is 0 Å². The summed E-state index contributed by atoms with van der Waals surface area (Å²) in [4.78, 5) is 34.2. The monoisotopic (exact) mass is 364 g/mol. The number of nitrogens with zero attached hydrogens (tertiary/aromatic N) is 1. The number of rotatable bonds is 5. The van der Waals surface area contributed by atoms with Crippen molar-refractivity contribution in [2.45, 2.75) is 20.0 Å². The molecule has 0 aliphatic carbocycles. The lowest BCUT2D eigenvalue weighted by molar-refractivity contribution is -0.385. The number of ether oxygens (including phenoxy) is 1. The number of esters is 1. The van der Waals surface area contributed by atoms with Gasteiger partial charge in [-0.3, -0.25) is 14.9 Å². The highest BCUT2D eigenvalue weighted by Gasteiger charge is 2.21. The van der Waals surface area contributed by atoms with Crippen LogP contribution in [0.15, 0.2) is 36.4 Å². The minimum Gasteiger partial charge on any atom is -0.449 e. The largest absolute Gasteiger partial charge is 0.449 e. The summed E-state index contributed by atoms with van der Waals surface area (Å²) in [5, 5.41) is 12.9. The predicted molar refractivity (Wildman–Crippen MR) is 87.7 cm³/mol. The number of nitro benzene ring substituents is 1. The van der Waals surface area contributed by atoms with Crippen LogP contribution in [0, 0.1) is 28.7 Å². The second-order valence-electron chi connectivity index (χ2n) is 5.42. The molecule has 0 heterocycles. The summed E-state index contributed by atoms with van der Waals surface area (Å²) in [6.45, 7) is 2.71. The Morgan fingerprint density at radius 1 is 1.19 bits per heavy atom. The fourth-order valence-corrected chi connectivity index (χ4v) is 2.10. The molecule has 26 heavy (non-hydrogen) atoms. The van der Waals surface area contributed by atoms with E-state index in [1.807, 2.05) is 0 Å². The smallest absolute Gasteiger partial charge is 0.338 e. The zero-order valence-electron chi connectivity index (χ0n) is 13.8. The van der Waals surface area contributed by atoms with Crippen molar-refractivity contribution < 1.29 is 28.0 Å². The number of nitro groups is 1. The van der Waals surface area contributed by atoms with Gasteiger partial charge in [-0.2, -0.15) is 0 Å². The highest BCUT2D eigenvalue weighted by Crippen LogP contribution is 2.20. The molecule has 2 aromatic carbocycles. The Morgan fingerprint density at radius 2 is 1.88 bits per heavy atom. The Kier molecular flexibility index (Phi) is 5.61. The van der Waals surface area contributed by atoms with Crippen LogP contribution in [-0.4, -0.2) is 22.9 Å². The first kappa shape index (κ1) is 19.0. The molecule has 1 unspecified atom stereocenters. The van der Waals surface area contributed by atoms with E-state index in [0.29, 0.717) is 0 Å². The van der Waals surface area contributed by atoms with Crippen molar-refractivity contribution in [2.75, 3.05) is 5.32 Å². The Balaban J connectivity index is 2.06. The van der Waals surface area contributed by atoms with Crippen LogP contribution < -0.4 is 5.32 Å². The summed E-state index contributed by atoms with van der Waals surface area (Å²) < 4.78 is 31.6. The number of aryl methyl sites for hydroxylation is 1. The molecule has 0 fully saturated rings. The third-order valence-corrected chi connectivity index (χ3v) is 3.47. The molecule has 9 heteroatoms. The summed E-state index contributed by atoms with van der Waals surface area (Å²) >= 11 is 0. The maximum atomic E-state index is 13.5. The van der Waals surface area contributed by atoms with Gasteiger partial charge in [-0.25, -0.2) is 13.6 Å². The van der Waals surface area contributed by atoms with Crippen LogP contribution in [0.5, 0.6) is 0 Å². The lowest BCUT2D eigenvalue weighted by Gasteiger charge is -2.14. The third kappa shape index (κ3) is 4.38. The molecule has 0 saturated heterocycles. The number of hydrogen-bond donors (Lipinski definition) is 1. The Bertz CT molecular complexity index is 885. The molecule has 0 aliphatic heterocycles. The summed E-state index contributed by atoms with van der Waals surface area (Å²) in [5.74, 6) is -3.33. The van der Waals surface area contributed by atoms with Crippen LogP contribution in [0.3, 0.4) is 0 Å². The fourth-order valence-electron chi connectivity index (χ4n) is 2.10. The van der Waals surface area contributed by atoms with Crippen molar-refractivity contribution in [3.63, 3.8) is 0 Å². The summed E-state index contributed by atoms with van der Waals surface area (Å²) in [6.07, 6.45) is -1.30. The standard InChI is InChI=1S/C17H14F2N2O5/c1-9-7-11(3-6-15(9)21(24)25)17(23)26-10(2)16(22)20-14-8-12(18)4-5-13(14)19/h3-8,10H,1-2H3,(H,20,22). The first-order valence-electron chi connectivity index (χ1n) is 7.41. The van der Waals surface area contributed by atoms with Crippen LogP contribution in [0.25, 0.3) is 0 Å². The van der Waals surface area contributed by atoms with Gasteiger partial charge in [-0.15, -0.1) is 0 Å². The molecule has 2 rings (SSSR count). The van der Waals surface area contributed by atoms with Crippen molar-refractivity contribution in [3.05, 3.63) is 69.3 Å². The number of carbonyl (C=O) groups excluding carboxylic acids is 2. The minimum absolute atomic E-state index is 0.0182. The van der Waals surface area contributed by atoms with E-state index in [2.05, 4.69) is 5.32 Å². The molecule has 1 amide bonds. The predicted octanol–water partition coefficient (Wildman–Crippen LogP) is 3.37. The van der Waals surface area contributed by atoms with E-state index in [4.69, 9.17) is 4.74 Å². The van der Waals surface area contributed by atoms with Gasteiger partial charge in [-0.1, -0.05) is 0 Å². The van der Waals surface area contributed by atoms with E-state index < -0.39 is 34.5 Å². The Hall–Kier alpha value is -3.36. The minimum atomic E-state index is -1.30. The van der Waals surface area contributed by atoms with E-state index in [1.54, 1.807) is 0 Å². The summed E-state index contributed by atoms with van der Waals surface area (Å²) in [5.41, 5.74) is -0.272. The lowest BCUT2D eigenvalue weighted by Crippen LogP contribution is -2.30. The zero-order valence-corrected chi connectivity index (χ0v) is 13.8. The van der Waals surface area contributed by atoms with E-state index in [1.165, 1.54) is 26.0 Å². The summed E-state index contributed by atoms with van der Waals surface area (Å²) in [6, 6.07) is 6.15. The number of halogens is 2. The third-order valence-electron chi connectivity index (χ3n) is 3.47. The normalized spacial score (nSPS) is 11.5. The molecule has 2 aromatic rings. The van der Waals surface area contributed by atoms with Crippen LogP contribution >= 0.6 is 0 Å². The topological polar surface area (TPSA) is 98.5 Å². The maximum Gasteiger partial charge on any atom is 0.338 e. The molecule has 0 aliphatic rings. The van der Waals surface area contributed by atoms with Crippen LogP contribution in [0.1, 0.15) is 22.8 Å². The molecule has 136 valence electrons. The number of hydrogen-bond acceptors (Lipinski definition) is 5. The molecule has 1 atom stereocenters. The lowest BCUT2D eigenvalue weighted by atomic mass is 10.1. The van der Waals surface area contributed by atoms with E-state index in [-0.39, 0.29) is 22.5 Å². The first-order chi connectivity index (χ1) is 12.2. The maximum absolute atomic E-state index is 13.5. The fraction of sp³-hybridized carbons (Fsp3) is 0.176. The highest BCUT2D eigenvalue weighted by atomic mass is 19.1. The van der Waals surface area contributed by atoms with Gasteiger partial charge in [0.2, 0.25) is 0 Å². The number of carbonyl (C=O) groups is 2. The van der Waals surface area contributed by atoms with Crippen LogP contribution in [-0.2, 0) is 9.53 Å². The van der Waals surface area contributed by atoms with Crippen molar-refractivity contribution in [2.24, 2.45) is 0 Å². The van der Waals surface area contributed by atoms with Crippen LogP contribution in [0.4, 0.5) is 20.2 Å². The highest BCUT2D eigenvalue weighted by molar-refractivity contribution is 5.97. The molecule has 0 saturated carbocycles. The van der Waals surface area contributed by atoms with Gasteiger partial charge < -0.3 is 10.1 Å². The van der Waals surface area contributed by atoms with Gasteiger partial charge in [0, 0.05) is 17.7 Å². The van der Waals surface area contributed by atoms with Gasteiger partial charge in [0.25, 0.3) is 11.6 Å². The second-order valence-corrected chi connectivity index (χ2v) is 5.42. The number of benzene rings is 2. The summed E-state index contributed by atoms with van der Waals surface area (Å²) in [7, 11) is 0. The Morgan fingerprint density at radius 3 is 2.50 bits per heavy atom. The van der Waals surface area contributed by atoms with Crippen molar-refractivity contribution in [3.8, 4) is 0 Å². The zero-order chi connectivity index (χ0) is 19.4. The molecular weight excluding hydrogens is 350 g/mol. The molecule has 0 aromatic heterocycles. The molecule has 0 spiro atoms. The second kappa shape index (κ2) is 7.68. The molecule has 0 bridgehead atoms. The van der Waals surface area contributed by atoms with Gasteiger partial charge in [0.15, 0.2) is 6.10 Å². The average molecular weight is 364 g/mol. The van der Waals surface area contributed by atoms with Crippen molar-refractivity contribution in [1.82, 2.24) is 0 Å². The van der Waals surface area contributed by atoms with E-state index in [9.17, 15) is 28.5 Å². The van der Waals surface area contributed by atoms with E-state index >= 15 is 0 Å². The number of nitrogens with one attached hydrogen (secondary N) is 1. The molecule has 7 nitrogen and oxygen atoms in total.